The maximum absolute atomic E-state index is 4.48. The first-order chi connectivity index (χ1) is 9.04. The van der Waals surface area contributed by atoms with Crippen molar-refractivity contribution in [2.75, 3.05) is 5.32 Å². The second-order valence-corrected chi connectivity index (χ2v) is 7.08. The van der Waals surface area contributed by atoms with Crippen LogP contribution in [0, 0.1) is 6.92 Å². The molecule has 0 unspecified atom stereocenters. The highest BCUT2D eigenvalue weighted by molar-refractivity contribution is 9.10. The van der Waals surface area contributed by atoms with Crippen molar-refractivity contribution in [1.82, 2.24) is 4.98 Å². The van der Waals surface area contributed by atoms with Crippen molar-refractivity contribution in [2.24, 2.45) is 0 Å². The number of hydrogen-bond donors (Lipinski definition) is 1. The molecule has 0 radical (unpaired) electrons. The van der Waals surface area contributed by atoms with Gasteiger partial charge in [0, 0.05) is 20.3 Å². The van der Waals surface area contributed by atoms with Crippen molar-refractivity contribution in [3.05, 3.63) is 46.6 Å². The summed E-state index contributed by atoms with van der Waals surface area (Å²) in [5.41, 5.74) is 2.04. The van der Waals surface area contributed by atoms with Crippen LogP contribution in [0.3, 0.4) is 0 Å². The van der Waals surface area contributed by atoms with Gasteiger partial charge in [-0.1, -0.05) is 13.8 Å². The van der Waals surface area contributed by atoms with Crippen LogP contribution in [0.2, 0.25) is 0 Å². The maximum atomic E-state index is 4.48. The Balaban J connectivity index is 2.08. The fourth-order valence-corrected chi connectivity index (χ4v) is 2.71. The van der Waals surface area contributed by atoms with Gasteiger partial charge in [-0.25, -0.2) is 4.98 Å². The Morgan fingerprint density at radius 1 is 1.11 bits per heavy atom. The molecule has 19 heavy (non-hydrogen) atoms. The molecule has 0 aliphatic heterocycles. The lowest BCUT2D eigenvalue weighted by atomic mass is 10.3. The van der Waals surface area contributed by atoms with Gasteiger partial charge in [-0.3, -0.25) is 0 Å². The van der Waals surface area contributed by atoms with E-state index in [1.54, 1.807) is 0 Å². The maximum Gasteiger partial charge on any atom is 0.130 e. The summed E-state index contributed by atoms with van der Waals surface area (Å²) >= 11 is 5.32. The van der Waals surface area contributed by atoms with Crippen LogP contribution in [-0.2, 0) is 0 Å². The summed E-state index contributed by atoms with van der Waals surface area (Å²) in [5.74, 6) is 0.866. The molecule has 4 heteroatoms. The summed E-state index contributed by atoms with van der Waals surface area (Å²) in [6, 6.07) is 12.4. The Morgan fingerprint density at radius 2 is 1.79 bits per heavy atom. The smallest absolute Gasteiger partial charge is 0.130 e. The predicted molar refractivity (Wildman–Crippen MR) is 87.4 cm³/mol. The highest BCUT2D eigenvalue weighted by Crippen LogP contribution is 2.25. The topological polar surface area (TPSA) is 24.9 Å². The quantitative estimate of drug-likeness (QED) is 0.757. The van der Waals surface area contributed by atoms with E-state index in [-0.39, 0.29) is 0 Å². The molecule has 1 aromatic heterocycles. The summed E-state index contributed by atoms with van der Waals surface area (Å²) in [6.07, 6.45) is 0. The Bertz CT molecular complexity index is 553. The van der Waals surface area contributed by atoms with E-state index in [2.05, 4.69) is 64.3 Å². The van der Waals surface area contributed by atoms with Crippen LogP contribution < -0.4 is 5.32 Å². The Labute approximate surface area is 127 Å². The van der Waals surface area contributed by atoms with E-state index >= 15 is 0 Å². The minimum atomic E-state index is 0.606. The second kappa shape index (κ2) is 6.44. The molecule has 2 nitrogen and oxygen atoms in total. The largest absolute Gasteiger partial charge is 0.340 e. The SMILES string of the molecule is Cc1nc(Nc2ccc(SC(C)C)cc2)ccc1Br. The van der Waals surface area contributed by atoms with Crippen LogP contribution in [0.25, 0.3) is 0 Å². The zero-order chi connectivity index (χ0) is 13.8. The third kappa shape index (κ3) is 4.25. The lowest BCUT2D eigenvalue weighted by Crippen LogP contribution is -1.95. The Hall–Kier alpha value is -1.00. The van der Waals surface area contributed by atoms with Crippen molar-refractivity contribution in [2.45, 2.75) is 30.9 Å². The molecule has 100 valence electrons. The van der Waals surface area contributed by atoms with Gasteiger partial charge in [0.25, 0.3) is 0 Å². The minimum Gasteiger partial charge on any atom is -0.340 e. The number of aromatic nitrogens is 1. The van der Waals surface area contributed by atoms with Gasteiger partial charge in [0.15, 0.2) is 0 Å². The van der Waals surface area contributed by atoms with E-state index in [1.165, 1.54) is 4.90 Å². The summed E-state index contributed by atoms with van der Waals surface area (Å²) in [5, 5.41) is 3.92. The number of thioether (sulfide) groups is 1. The molecule has 1 N–H and O–H groups in total. The van der Waals surface area contributed by atoms with Crippen LogP contribution in [0.15, 0.2) is 45.8 Å². The van der Waals surface area contributed by atoms with Crippen molar-refractivity contribution >= 4 is 39.2 Å². The van der Waals surface area contributed by atoms with Gasteiger partial charge in [0.1, 0.15) is 5.82 Å². The van der Waals surface area contributed by atoms with Gasteiger partial charge in [0.2, 0.25) is 0 Å². The standard InChI is InChI=1S/C15H17BrN2S/c1-10(2)19-13-6-4-12(5-7-13)18-15-9-8-14(16)11(3)17-15/h4-10H,1-3H3,(H,17,18). The third-order valence-electron chi connectivity index (χ3n) is 2.52. The molecule has 0 fully saturated rings. The van der Waals surface area contributed by atoms with Crippen LogP contribution in [-0.4, -0.2) is 10.2 Å². The molecule has 0 aliphatic rings. The van der Waals surface area contributed by atoms with Gasteiger partial charge in [-0.2, -0.15) is 0 Å². The van der Waals surface area contributed by atoms with Gasteiger partial charge in [0.05, 0.1) is 5.69 Å². The van der Waals surface area contributed by atoms with E-state index in [0.717, 1.165) is 21.7 Å². The number of aryl methyl sites for hydroxylation is 1. The Kier molecular flexibility index (Phi) is 4.88. The third-order valence-corrected chi connectivity index (χ3v) is 4.37. The molecule has 0 amide bonds. The minimum absolute atomic E-state index is 0.606. The first-order valence-electron chi connectivity index (χ1n) is 6.21. The van der Waals surface area contributed by atoms with E-state index < -0.39 is 0 Å². The molecular formula is C15H17BrN2S. The van der Waals surface area contributed by atoms with Gasteiger partial charge in [-0.15, -0.1) is 11.8 Å². The van der Waals surface area contributed by atoms with Gasteiger partial charge in [-0.05, 0) is 59.3 Å². The molecule has 0 bridgehead atoms. The lowest BCUT2D eigenvalue weighted by molar-refractivity contribution is 1.11. The molecule has 0 aliphatic carbocycles. The first-order valence-corrected chi connectivity index (χ1v) is 7.89. The van der Waals surface area contributed by atoms with Crippen LogP contribution >= 0.6 is 27.7 Å². The number of anilines is 2. The van der Waals surface area contributed by atoms with E-state index in [9.17, 15) is 0 Å². The highest BCUT2D eigenvalue weighted by Gasteiger charge is 2.01. The Morgan fingerprint density at radius 3 is 2.37 bits per heavy atom. The number of hydrogen-bond acceptors (Lipinski definition) is 3. The summed E-state index contributed by atoms with van der Waals surface area (Å²) in [4.78, 5) is 5.77. The first kappa shape index (κ1) is 14.4. The molecule has 0 saturated carbocycles. The molecule has 2 aromatic rings. The summed E-state index contributed by atoms with van der Waals surface area (Å²) < 4.78 is 1.03. The predicted octanol–water partition coefficient (Wildman–Crippen LogP) is 5.40. The zero-order valence-electron chi connectivity index (χ0n) is 11.3. The van der Waals surface area contributed by atoms with E-state index in [0.29, 0.717) is 5.25 Å². The number of nitrogens with zero attached hydrogens (tertiary/aromatic N) is 1. The zero-order valence-corrected chi connectivity index (χ0v) is 13.7. The number of rotatable bonds is 4. The normalized spacial score (nSPS) is 10.8. The molecule has 1 aromatic carbocycles. The molecular weight excluding hydrogens is 320 g/mol. The second-order valence-electron chi connectivity index (χ2n) is 4.58. The number of nitrogens with one attached hydrogen (secondary N) is 1. The molecule has 0 atom stereocenters. The molecule has 1 heterocycles. The van der Waals surface area contributed by atoms with E-state index in [1.807, 2.05) is 30.8 Å². The number of benzene rings is 1. The fourth-order valence-electron chi connectivity index (χ4n) is 1.65. The van der Waals surface area contributed by atoms with E-state index in [4.69, 9.17) is 0 Å². The van der Waals surface area contributed by atoms with Crippen molar-refractivity contribution in [3.63, 3.8) is 0 Å². The van der Waals surface area contributed by atoms with Crippen molar-refractivity contribution in [3.8, 4) is 0 Å². The molecule has 2 rings (SSSR count). The summed E-state index contributed by atoms with van der Waals surface area (Å²) in [6.45, 7) is 6.38. The van der Waals surface area contributed by atoms with Crippen molar-refractivity contribution < 1.29 is 0 Å². The fraction of sp³-hybridized carbons (Fsp3) is 0.267. The summed E-state index contributed by atoms with van der Waals surface area (Å²) in [7, 11) is 0. The molecule has 0 saturated heterocycles. The van der Waals surface area contributed by atoms with Gasteiger partial charge < -0.3 is 5.32 Å². The molecule has 0 spiro atoms. The van der Waals surface area contributed by atoms with Crippen LogP contribution in [0.5, 0.6) is 0 Å². The van der Waals surface area contributed by atoms with Gasteiger partial charge >= 0.3 is 0 Å². The van der Waals surface area contributed by atoms with Crippen molar-refractivity contribution in [1.29, 1.82) is 0 Å². The average Bonchev–Trinajstić information content (AvgIpc) is 2.36. The van der Waals surface area contributed by atoms with Crippen LogP contribution in [0.4, 0.5) is 11.5 Å². The number of pyridine rings is 1. The monoisotopic (exact) mass is 336 g/mol. The lowest BCUT2D eigenvalue weighted by Gasteiger charge is -2.09. The highest BCUT2D eigenvalue weighted by atomic mass is 79.9. The average molecular weight is 337 g/mol. The number of halogens is 1. The van der Waals surface area contributed by atoms with Crippen LogP contribution in [0.1, 0.15) is 19.5 Å².